The second kappa shape index (κ2) is 13.2. The summed E-state index contributed by atoms with van der Waals surface area (Å²) >= 11 is 1.11. The summed E-state index contributed by atoms with van der Waals surface area (Å²) in [6.07, 6.45) is 0.755. The zero-order valence-corrected chi connectivity index (χ0v) is 23.9. The molecule has 1 saturated heterocycles. The number of halogens is 3. The Bertz CT molecular complexity index is 1470. The normalized spacial score (nSPS) is 14.4. The fourth-order valence-corrected chi connectivity index (χ4v) is 5.23. The van der Waals surface area contributed by atoms with Gasteiger partial charge in [0.05, 0.1) is 28.9 Å². The number of hydrogen-bond donors (Lipinski definition) is 4. The zero-order chi connectivity index (χ0) is 30.4. The fraction of sp³-hybridized carbons (Fsp3) is 0.321. The molecule has 1 fully saturated rings. The quantitative estimate of drug-likeness (QED) is 0.195. The van der Waals surface area contributed by atoms with Crippen LogP contribution in [0.15, 0.2) is 48.8 Å². The standard InChI is InChI=1S/C28H32F3N7O3S/c1-17-6-7-21(13-23(17)38(33)16-22(32)24-14-34-26(42-24)36-27(40)41-2)35-25(39)19-10-18(11-20(12-19)28(29,30)31)15-37-8-4-3-5-9-37/h6-7,10-14,16H,3-5,8-9,15,32-33H2,1-2H3,(H,35,39)(H,34,36,40)/b22-16-. The van der Waals surface area contributed by atoms with Crippen LogP contribution in [0.25, 0.3) is 5.70 Å². The van der Waals surface area contributed by atoms with Crippen LogP contribution in [-0.2, 0) is 17.5 Å². The van der Waals surface area contributed by atoms with Crippen LogP contribution in [0.3, 0.4) is 0 Å². The number of hydrogen-bond acceptors (Lipinski definition) is 9. The highest BCUT2D eigenvalue weighted by atomic mass is 32.1. The van der Waals surface area contributed by atoms with Crippen LogP contribution in [0.4, 0.5) is 34.5 Å². The average molecular weight is 604 g/mol. The number of nitrogens with zero attached hydrogens (tertiary/aromatic N) is 3. The number of anilines is 3. The average Bonchev–Trinajstić information content (AvgIpc) is 3.42. The number of hydrazine groups is 1. The number of aromatic nitrogens is 1. The predicted octanol–water partition coefficient (Wildman–Crippen LogP) is 5.52. The molecule has 14 heteroatoms. The molecule has 6 N–H and O–H groups in total. The number of nitrogens with one attached hydrogen (secondary N) is 2. The number of carbonyl (C=O) groups is 2. The molecule has 42 heavy (non-hydrogen) atoms. The monoisotopic (exact) mass is 603 g/mol. The van der Waals surface area contributed by atoms with Gasteiger partial charge >= 0.3 is 12.3 Å². The number of thiazole rings is 1. The topological polar surface area (TPSA) is 139 Å². The van der Waals surface area contributed by atoms with E-state index in [9.17, 15) is 22.8 Å². The van der Waals surface area contributed by atoms with Gasteiger partial charge in [-0.25, -0.2) is 15.6 Å². The third-order valence-electron chi connectivity index (χ3n) is 6.65. The molecule has 224 valence electrons. The van der Waals surface area contributed by atoms with Gasteiger partial charge in [0, 0.05) is 30.2 Å². The molecule has 1 aliphatic heterocycles. The number of aryl methyl sites for hydroxylation is 1. The summed E-state index contributed by atoms with van der Waals surface area (Å²) in [6.45, 7) is 3.77. The minimum atomic E-state index is -4.59. The van der Waals surface area contributed by atoms with Crippen molar-refractivity contribution in [2.75, 3.05) is 35.8 Å². The molecule has 0 unspecified atom stereocenters. The first-order valence-electron chi connectivity index (χ1n) is 13.1. The maximum absolute atomic E-state index is 13.7. The summed E-state index contributed by atoms with van der Waals surface area (Å²) < 4.78 is 45.6. The first-order valence-corrected chi connectivity index (χ1v) is 13.9. The molecule has 1 aliphatic rings. The lowest BCUT2D eigenvalue weighted by atomic mass is 10.0. The predicted molar refractivity (Wildman–Crippen MR) is 157 cm³/mol. The van der Waals surface area contributed by atoms with Gasteiger partial charge in [-0.2, -0.15) is 13.2 Å². The maximum atomic E-state index is 13.7. The summed E-state index contributed by atoms with van der Waals surface area (Å²) in [5, 5.41) is 6.68. The molecule has 0 atom stereocenters. The summed E-state index contributed by atoms with van der Waals surface area (Å²) in [4.78, 5) is 31.2. The van der Waals surface area contributed by atoms with Crippen LogP contribution < -0.4 is 27.2 Å². The molecule has 2 aromatic carbocycles. The van der Waals surface area contributed by atoms with Gasteiger partial charge in [-0.1, -0.05) is 23.8 Å². The Labute approximate surface area is 245 Å². The molecule has 0 saturated carbocycles. The van der Waals surface area contributed by atoms with Crippen LogP contribution in [-0.4, -0.2) is 42.1 Å². The maximum Gasteiger partial charge on any atom is 0.416 e. The second-order valence-electron chi connectivity index (χ2n) is 9.85. The Balaban J connectivity index is 1.52. The van der Waals surface area contributed by atoms with Crippen LogP contribution in [0.1, 0.15) is 51.2 Å². The molecule has 10 nitrogen and oxygen atoms in total. The van der Waals surface area contributed by atoms with Gasteiger partial charge in [-0.05, 0) is 74.3 Å². The van der Waals surface area contributed by atoms with Crippen LogP contribution in [0.2, 0.25) is 0 Å². The Kier molecular flexibility index (Phi) is 9.70. The second-order valence-corrected chi connectivity index (χ2v) is 10.9. The number of amides is 2. The third-order valence-corrected chi connectivity index (χ3v) is 7.61. The van der Waals surface area contributed by atoms with Crippen LogP contribution in [0, 0.1) is 6.92 Å². The summed E-state index contributed by atoms with van der Waals surface area (Å²) in [5.74, 6) is 5.58. The number of likely N-dealkylation sites (tertiary alicyclic amines) is 1. The largest absolute Gasteiger partial charge is 0.453 e. The Hall–Kier alpha value is -4.14. The van der Waals surface area contributed by atoms with E-state index in [0.717, 1.165) is 61.4 Å². The molecule has 2 heterocycles. The molecule has 0 radical (unpaired) electrons. The van der Waals surface area contributed by atoms with Gasteiger partial charge in [-0.15, -0.1) is 0 Å². The molecule has 0 bridgehead atoms. The Morgan fingerprint density at radius 2 is 1.88 bits per heavy atom. The SMILES string of the molecule is COC(=O)Nc1ncc(/C(N)=C/N(N)c2cc(NC(=O)c3cc(CN4CCCCC4)cc(C(F)(F)F)c3)ccc2C)s1. The first kappa shape index (κ1) is 30.8. The highest BCUT2D eigenvalue weighted by Crippen LogP contribution is 2.32. The molecular formula is C28H32F3N7O3S. The van der Waals surface area contributed by atoms with Crippen molar-refractivity contribution in [2.24, 2.45) is 11.6 Å². The lowest BCUT2D eigenvalue weighted by Gasteiger charge is -2.27. The van der Waals surface area contributed by atoms with Crippen molar-refractivity contribution in [1.82, 2.24) is 9.88 Å². The van der Waals surface area contributed by atoms with Crippen molar-refractivity contribution in [2.45, 2.75) is 38.9 Å². The van der Waals surface area contributed by atoms with Gasteiger partial charge < -0.3 is 15.8 Å². The molecule has 4 rings (SSSR count). The van der Waals surface area contributed by atoms with E-state index >= 15 is 0 Å². The summed E-state index contributed by atoms with van der Waals surface area (Å²) in [5.41, 5.74) is 7.49. The van der Waals surface area contributed by atoms with Gasteiger partial charge in [0.25, 0.3) is 5.91 Å². The number of methoxy groups -OCH3 is 1. The van der Waals surface area contributed by atoms with Crippen molar-refractivity contribution in [3.05, 3.63) is 75.9 Å². The minimum Gasteiger partial charge on any atom is -0.453 e. The van der Waals surface area contributed by atoms with Gasteiger partial charge in [0.15, 0.2) is 5.13 Å². The van der Waals surface area contributed by atoms with Crippen molar-refractivity contribution in [3.8, 4) is 0 Å². The van der Waals surface area contributed by atoms with Gasteiger partial charge in [0.1, 0.15) is 0 Å². The van der Waals surface area contributed by atoms with E-state index < -0.39 is 23.7 Å². The van der Waals surface area contributed by atoms with E-state index in [1.165, 1.54) is 30.6 Å². The number of nitrogens with two attached hydrogens (primary N) is 2. The van der Waals surface area contributed by atoms with Crippen LogP contribution >= 0.6 is 11.3 Å². The van der Waals surface area contributed by atoms with E-state index in [-0.39, 0.29) is 16.4 Å². The van der Waals surface area contributed by atoms with E-state index in [2.05, 4.69) is 25.3 Å². The van der Waals surface area contributed by atoms with Gasteiger partial charge in [0.2, 0.25) is 0 Å². The summed E-state index contributed by atoms with van der Waals surface area (Å²) in [7, 11) is 1.23. The number of ether oxygens (including phenoxy) is 1. The van der Waals surface area contributed by atoms with E-state index in [0.29, 0.717) is 28.4 Å². The number of benzene rings is 2. The molecule has 3 aromatic rings. The lowest BCUT2D eigenvalue weighted by molar-refractivity contribution is -0.137. The smallest absolute Gasteiger partial charge is 0.416 e. The molecule has 2 amide bonds. The van der Waals surface area contributed by atoms with Crippen LogP contribution in [0.5, 0.6) is 0 Å². The van der Waals surface area contributed by atoms with Gasteiger partial charge in [-0.3, -0.25) is 20.0 Å². The molecule has 0 spiro atoms. The third kappa shape index (κ3) is 7.99. The number of carbonyl (C=O) groups excluding carboxylic acids is 2. The Morgan fingerprint density at radius 1 is 1.14 bits per heavy atom. The van der Waals surface area contributed by atoms with E-state index in [1.54, 1.807) is 25.1 Å². The molecule has 1 aromatic heterocycles. The van der Waals surface area contributed by atoms with Crippen molar-refractivity contribution in [3.63, 3.8) is 0 Å². The van der Waals surface area contributed by atoms with Crippen molar-refractivity contribution < 1.29 is 27.5 Å². The highest BCUT2D eigenvalue weighted by Gasteiger charge is 2.32. The number of rotatable bonds is 8. The first-order chi connectivity index (χ1) is 19.9. The lowest BCUT2D eigenvalue weighted by Crippen LogP contribution is -2.29. The fourth-order valence-electron chi connectivity index (χ4n) is 4.51. The zero-order valence-electron chi connectivity index (χ0n) is 23.1. The highest BCUT2D eigenvalue weighted by molar-refractivity contribution is 7.16. The number of alkyl halides is 3. The Morgan fingerprint density at radius 3 is 2.57 bits per heavy atom. The minimum absolute atomic E-state index is 0.0886. The number of piperidine rings is 1. The molecular weight excluding hydrogens is 571 g/mol. The molecule has 0 aliphatic carbocycles. The van der Waals surface area contributed by atoms with E-state index in [4.69, 9.17) is 11.6 Å². The summed E-state index contributed by atoms with van der Waals surface area (Å²) in [6, 6.07) is 8.42. The van der Waals surface area contributed by atoms with Crippen molar-refractivity contribution in [1.29, 1.82) is 0 Å². The van der Waals surface area contributed by atoms with E-state index in [1.807, 2.05) is 0 Å². The van der Waals surface area contributed by atoms with Crippen molar-refractivity contribution >= 4 is 45.5 Å².